The van der Waals surface area contributed by atoms with Gasteiger partial charge in [0.2, 0.25) is 0 Å². The standard InChI is InChI=1S/C29H37N5O5/c1-5-38-24-15-20(16-25(39-6-2)26(24)34-19-30-18-31-34)17-33-13-11-23(12-14-33)32-27(35)21-7-9-22(10-8-21)29(3,4)28(36)37/h7-10,15-16,18-19,23H,5-6,11-14,17H2,1-4H3,(H,32,35)(H,36,37). The first kappa shape index (κ1) is 28.1. The second-order valence-electron chi connectivity index (χ2n) is 10.2. The lowest BCUT2D eigenvalue weighted by Crippen LogP contribution is -2.44. The number of hydrogen-bond donors (Lipinski definition) is 2. The van der Waals surface area contributed by atoms with Crippen molar-refractivity contribution in [3.05, 3.63) is 65.7 Å². The predicted molar refractivity (Wildman–Crippen MR) is 147 cm³/mol. The highest BCUT2D eigenvalue weighted by Crippen LogP contribution is 2.35. The Bertz CT molecular complexity index is 1240. The van der Waals surface area contributed by atoms with E-state index in [2.05, 4.69) is 20.3 Å². The van der Waals surface area contributed by atoms with Crippen molar-refractivity contribution in [2.75, 3.05) is 26.3 Å². The fourth-order valence-corrected chi connectivity index (χ4v) is 4.73. The van der Waals surface area contributed by atoms with Crippen LogP contribution in [0.15, 0.2) is 49.1 Å². The van der Waals surface area contributed by atoms with E-state index in [-0.39, 0.29) is 11.9 Å². The number of nitrogens with zero attached hydrogens (tertiary/aromatic N) is 4. The van der Waals surface area contributed by atoms with Crippen LogP contribution >= 0.6 is 0 Å². The first-order valence-electron chi connectivity index (χ1n) is 13.4. The van der Waals surface area contributed by atoms with Crippen molar-refractivity contribution in [2.24, 2.45) is 0 Å². The maximum Gasteiger partial charge on any atom is 0.313 e. The van der Waals surface area contributed by atoms with Gasteiger partial charge in [-0.05, 0) is 75.9 Å². The molecule has 1 aromatic heterocycles. The summed E-state index contributed by atoms with van der Waals surface area (Å²) in [6.45, 7) is 10.6. The number of amides is 1. The summed E-state index contributed by atoms with van der Waals surface area (Å²) in [5.74, 6) is 0.355. The average Bonchev–Trinajstić information content (AvgIpc) is 3.44. The molecule has 3 aromatic rings. The van der Waals surface area contributed by atoms with Crippen LogP contribution in [0.4, 0.5) is 0 Å². The lowest BCUT2D eigenvalue weighted by molar-refractivity contribution is -0.142. The summed E-state index contributed by atoms with van der Waals surface area (Å²) in [6, 6.07) is 11.0. The Morgan fingerprint density at radius 2 is 1.67 bits per heavy atom. The number of aromatic nitrogens is 3. The van der Waals surface area contributed by atoms with E-state index in [4.69, 9.17) is 9.47 Å². The second-order valence-corrected chi connectivity index (χ2v) is 10.2. The molecule has 0 radical (unpaired) electrons. The molecule has 208 valence electrons. The molecule has 2 N–H and O–H groups in total. The minimum absolute atomic E-state index is 0.0801. The molecule has 1 aliphatic heterocycles. The van der Waals surface area contributed by atoms with Crippen LogP contribution in [0.25, 0.3) is 5.69 Å². The summed E-state index contributed by atoms with van der Waals surface area (Å²) in [5.41, 5.74) is 2.00. The molecular weight excluding hydrogens is 498 g/mol. The van der Waals surface area contributed by atoms with E-state index in [0.717, 1.165) is 43.7 Å². The van der Waals surface area contributed by atoms with Gasteiger partial charge < -0.3 is 19.9 Å². The topological polar surface area (TPSA) is 119 Å². The van der Waals surface area contributed by atoms with Gasteiger partial charge >= 0.3 is 5.97 Å². The maximum atomic E-state index is 12.8. The molecule has 0 atom stereocenters. The Morgan fingerprint density at radius 3 is 2.18 bits per heavy atom. The van der Waals surface area contributed by atoms with Gasteiger partial charge in [0.05, 0.1) is 18.6 Å². The number of piperidine rings is 1. The number of nitrogens with one attached hydrogen (secondary N) is 1. The smallest absolute Gasteiger partial charge is 0.313 e. The number of ether oxygens (including phenoxy) is 2. The third kappa shape index (κ3) is 6.57. The number of likely N-dealkylation sites (tertiary alicyclic amines) is 1. The number of aliphatic carboxylic acids is 1. The van der Waals surface area contributed by atoms with E-state index in [1.165, 1.54) is 6.33 Å². The summed E-state index contributed by atoms with van der Waals surface area (Å²) in [6.07, 6.45) is 4.79. The van der Waals surface area contributed by atoms with Gasteiger partial charge in [-0.1, -0.05) is 12.1 Å². The monoisotopic (exact) mass is 535 g/mol. The van der Waals surface area contributed by atoms with Crippen molar-refractivity contribution in [1.29, 1.82) is 0 Å². The summed E-state index contributed by atoms with van der Waals surface area (Å²) in [4.78, 5) is 30.8. The molecule has 4 rings (SSSR count). The van der Waals surface area contributed by atoms with Gasteiger partial charge in [-0.15, -0.1) is 0 Å². The molecule has 1 saturated heterocycles. The Balaban J connectivity index is 1.37. The SMILES string of the molecule is CCOc1cc(CN2CCC(NC(=O)c3ccc(C(C)(C)C(=O)O)cc3)CC2)cc(OCC)c1-n1cncn1. The Kier molecular flexibility index (Phi) is 8.86. The van der Waals surface area contributed by atoms with Crippen LogP contribution in [0.1, 0.15) is 62.0 Å². The number of carboxylic acids is 1. The lowest BCUT2D eigenvalue weighted by Gasteiger charge is -2.32. The molecular formula is C29H37N5O5. The number of carboxylic acid groups (broad SMARTS) is 1. The molecule has 39 heavy (non-hydrogen) atoms. The molecule has 10 heteroatoms. The summed E-state index contributed by atoms with van der Waals surface area (Å²) in [7, 11) is 0. The second kappa shape index (κ2) is 12.3. The van der Waals surface area contributed by atoms with Crippen LogP contribution in [-0.4, -0.2) is 69.0 Å². The number of carbonyl (C=O) groups is 2. The van der Waals surface area contributed by atoms with Crippen molar-refractivity contribution >= 4 is 11.9 Å². The molecule has 1 aliphatic rings. The Labute approximate surface area is 228 Å². The molecule has 0 aliphatic carbocycles. The maximum absolute atomic E-state index is 12.8. The molecule has 0 spiro atoms. The van der Waals surface area contributed by atoms with Gasteiger partial charge in [-0.3, -0.25) is 14.5 Å². The van der Waals surface area contributed by atoms with Gasteiger partial charge in [0.1, 0.15) is 24.2 Å². The van der Waals surface area contributed by atoms with Crippen LogP contribution in [0.3, 0.4) is 0 Å². The molecule has 0 saturated carbocycles. The Morgan fingerprint density at radius 1 is 1.05 bits per heavy atom. The van der Waals surface area contributed by atoms with Gasteiger partial charge in [-0.25, -0.2) is 9.67 Å². The minimum atomic E-state index is -1.01. The summed E-state index contributed by atoms with van der Waals surface area (Å²) in [5, 5.41) is 16.8. The highest BCUT2D eigenvalue weighted by Gasteiger charge is 2.29. The molecule has 10 nitrogen and oxygen atoms in total. The highest BCUT2D eigenvalue weighted by molar-refractivity contribution is 5.94. The van der Waals surface area contributed by atoms with Crippen molar-refractivity contribution in [2.45, 2.75) is 58.5 Å². The fraction of sp³-hybridized carbons (Fsp3) is 0.448. The molecule has 2 aromatic carbocycles. The minimum Gasteiger partial charge on any atom is -0.491 e. The van der Waals surface area contributed by atoms with E-state index in [1.807, 2.05) is 26.0 Å². The fourth-order valence-electron chi connectivity index (χ4n) is 4.73. The number of benzene rings is 2. The van der Waals surface area contributed by atoms with Gasteiger partial charge in [0.15, 0.2) is 5.69 Å². The number of hydrogen-bond acceptors (Lipinski definition) is 7. The average molecular weight is 536 g/mol. The zero-order chi connectivity index (χ0) is 28.0. The van der Waals surface area contributed by atoms with Crippen molar-refractivity contribution in [3.63, 3.8) is 0 Å². The number of carbonyl (C=O) groups excluding carboxylic acids is 1. The third-order valence-corrected chi connectivity index (χ3v) is 7.08. The van der Waals surface area contributed by atoms with Crippen LogP contribution in [-0.2, 0) is 16.8 Å². The highest BCUT2D eigenvalue weighted by atomic mass is 16.5. The van der Waals surface area contributed by atoms with Crippen LogP contribution in [0.5, 0.6) is 11.5 Å². The van der Waals surface area contributed by atoms with Crippen LogP contribution in [0.2, 0.25) is 0 Å². The summed E-state index contributed by atoms with van der Waals surface area (Å²) >= 11 is 0. The largest absolute Gasteiger partial charge is 0.491 e. The first-order chi connectivity index (χ1) is 18.7. The first-order valence-corrected chi connectivity index (χ1v) is 13.4. The van der Waals surface area contributed by atoms with E-state index in [1.54, 1.807) is 49.1 Å². The van der Waals surface area contributed by atoms with Crippen molar-refractivity contribution < 1.29 is 24.2 Å². The van der Waals surface area contributed by atoms with Crippen LogP contribution in [0, 0.1) is 0 Å². The number of rotatable bonds is 11. The normalized spacial score (nSPS) is 14.7. The van der Waals surface area contributed by atoms with Crippen molar-refractivity contribution in [1.82, 2.24) is 25.0 Å². The van der Waals surface area contributed by atoms with E-state index < -0.39 is 11.4 Å². The van der Waals surface area contributed by atoms with E-state index in [0.29, 0.717) is 35.8 Å². The van der Waals surface area contributed by atoms with Crippen molar-refractivity contribution in [3.8, 4) is 17.2 Å². The molecule has 0 bridgehead atoms. The zero-order valence-electron chi connectivity index (χ0n) is 23.0. The van der Waals surface area contributed by atoms with Crippen LogP contribution < -0.4 is 14.8 Å². The zero-order valence-corrected chi connectivity index (χ0v) is 23.0. The molecule has 0 unspecified atom stereocenters. The quantitative estimate of drug-likeness (QED) is 0.380. The molecule has 2 heterocycles. The third-order valence-electron chi connectivity index (χ3n) is 7.08. The van der Waals surface area contributed by atoms with Gasteiger partial charge in [-0.2, -0.15) is 5.10 Å². The molecule has 1 amide bonds. The lowest BCUT2D eigenvalue weighted by atomic mass is 9.84. The van der Waals surface area contributed by atoms with Gasteiger partial charge in [0.25, 0.3) is 5.91 Å². The van der Waals surface area contributed by atoms with Gasteiger partial charge in [0, 0.05) is 31.2 Å². The Hall–Kier alpha value is -3.92. The molecule has 1 fully saturated rings. The predicted octanol–water partition coefficient (Wildman–Crippen LogP) is 3.82. The van der Waals surface area contributed by atoms with E-state index in [9.17, 15) is 14.7 Å². The van der Waals surface area contributed by atoms with E-state index >= 15 is 0 Å². The summed E-state index contributed by atoms with van der Waals surface area (Å²) < 4.78 is 13.6.